The molecule has 0 unspecified atom stereocenters. The van der Waals surface area contributed by atoms with Gasteiger partial charge in [-0.3, -0.25) is 13.9 Å². The Balaban J connectivity index is 1.55. The summed E-state index contributed by atoms with van der Waals surface area (Å²) in [5, 5.41) is 3.25. The minimum Gasteiger partial charge on any atom is -0.352 e. The summed E-state index contributed by atoms with van der Waals surface area (Å²) >= 11 is 3.46. The summed E-state index contributed by atoms with van der Waals surface area (Å²) in [5.74, 6) is -0.698. The van der Waals surface area contributed by atoms with E-state index in [0.29, 0.717) is 16.6 Å². The number of amides is 2. The van der Waals surface area contributed by atoms with E-state index in [2.05, 4.69) is 21.2 Å². The number of halogens is 1. The lowest BCUT2D eigenvalue weighted by Gasteiger charge is -2.35. The second kappa shape index (κ2) is 15.6. The molecule has 4 aromatic carbocycles. The van der Waals surface area contributed by atoms with Crippen molar-refractivity contribution >= 4 is 43.5 Å². The van der Waals surface area contributed by atoms with Crippen molar-refractivity contribution in [2.75, 3.05) is 10.8 Å². The van der Waals surface area contributed by atoms with E-state index < -0.39 is 28.5 Å². The summed E-state index contributed by atoms with van der Waals surface area (Å²) in [4.78, 5) is 30.4. The average molecular weight is 703 g/mol. The second-order valence-corrected chi connectivity index (χ2v) is 14.6. The highest BCUT2D eigenvalue weighted by atomic mass is 79.9. The zero-order chi connectivity index (χ0) is 32.5. The molecular formula is C37H40BrN3O4S. The number of carbonyl (C=O) groups is 2. The molecule has 0 spiro atoms. The van der Waals surface area contributed by atoms with E-state index in [0.717, 1.165) is 53.1 Å². The van der Waals surface area contributed by atoms with E-state index in [-0.39, 0.29) is 23.4 Å². The number of hydrogen-bond acceptors (Lipinski definition) is 4. The zero-order valence-electron chi connectivity index (χ0n) is 26.0. The van der Waals surface area contributed by atoms with Crippen molar-refractivity contribution in [3.8, 4) is 0 Å². The highest BCUT2D eigenvalue weighted by Gasteiger charge is 2.35. The standard InChI is InChI=1S/C37H40BrN3O4S/c1-28-20-22-30(23-21-28)26-40(35(24-29-12-5-2-6-13-29)37(43)39-32-15-7-3-8-16-32)36(42)27-41(33-17-11-14-31(38)25-33)46(44,45)34-18-9-4-10-19-34/h2,4-6,9-14,17-23,25,32,35H,3,7-8,15-16,24,26-27H2,1H3,(H,39,43)/t35-/m0/s1. The van der Waals surface area contributed by atoms with Crippen LogP contribution in [-0.4, -0.2) is 43.8 Å². The van der Waals surface area contributed by atoms with Crippen molar-refractivity contribution in [3.63, 3.8) is 0 Å². The maximum Gasteiger partial charge on any atom is 0.264 e. The van der Waals surface area contributed by atoms with Crippen LogP contribution < -0.4 is 9.62 Å². The van der Waals surface area contributed by atoms with Crippen molar-refractivity contribution in [1.82, 2.24) is 10.2 Å². The average Bonchev–Trinajstić information content (AvgIpc) is 3.07. The van der Waals surface area contributed by atoms with Gasteiger partial charge in [0.15, 0.2) is 0 Å². The molecule has 1 aliphatic carbocycles. The van der Waals surface area contributed by atoms with Crippen LogP contribution >= 0.6 is 15.9 Å². The second-order valence-electron chi connectivity index (χ2n) is 11.9. The van der Waals surface area contributed by atoms with Gasteiger partial charge in [0.2, 0.25) is 11.8 Å². The Morgan fingerprint density at radius 1 is 0.826 bits per heavy atom. The Morgan fingerprint density at radius 2 is 1.48 bits per heavy atom. The third-order valence-corrected chi connectivity index (χ3v) is 10.7. The Labute approximate surface area is 280 Å². The van der Waals surface area contributed by atoms with Crippen LogP contribution in [0, 0.1) is 6.92 Å². The molecule has 1 N–H and O–H groups in total. The van der Waals surface area contributed by atoms with Gasteiger partial charge < -0.3 is 10.2 Å². The number of nitrogens with one attached hydrogen (secondary N) is 1. The quantitative estimate of drug-likeness (QED) is 0.172. The van der Waals surface area contributed by atoms with Gasteiger partial charge >= 0.3 is 0 Å². The van der Waals surface area contributed by atoms with Crippen molar-refractivity contribution in [2.24, 2.45) is 0 Å². The summed E-state index contributed by atoms with van der Waals surface area (Å²) in [6, 6.07) is 31.6. The summed E-state index contributed by atoms with van der Waals surface area (Å²) in [7, 11) is -4.14. The van der Waals surface area contributed by atoms with Crippen LogP contribution in [0.25, 0.3) is 0 Å². The normalized spacial score (nSPS) is 14.3. The van der Waals surface area contributed by atoms with Gasteiger partial charge in [0.25, 0.3) is 10.0 Å². The fourth-order valence-corrected chi connectivity index (χ4v) is 7.68. The van der Waals surface area contributed by atoms with Crippen LogP contribution in [0.1, 0.15) is 48.8 Å². The predicted octanol–water partition coefficient (Wildman–Crippen LogP) is 7.04. The first-order valence-electron chi connectivity index (χ1n) is 15.7. The van der Waals surface area contributed by atoms with Gasteiger partial charge in [-0.1, -0.05) is 120 Å². The first-order chi connectivity index (χ1) is 22.2. The lowest BCUT2D eigenvalue weighted by Crippen LogP contribution is -2.55. The first-order valence-corrected chi connectivity index (χ1v) is 18.0. The van der Waals surface area contributed by atoms with E-state index in [1.54, 1.807) is 47.4 Å². The number of aryl methyl sites for hydroxylation is 1. The summed E-state index contributed by atoms with van der Waals surface area (Å²) < 4.78 is 30.0. The van der Waals surface area contributed by atoms with Gasteiger partial charge in [0.05, 0.1) is 10.6 Å². The lowest BCUT2D eigenvalue weighted by molar-refractivity contribution is -0.140. The molecular weight excluding hydrogens is 662 g/mol. The zero-order valence-corrected chi connectivity index (χ0v) is 28.4. The number of sulfonamides is 1. The number of nitrogens with zero attached hydrogens (tertiary/aromatic N) is 2. The molecule has 9 heteroatoms. The highest BCUT2D eigenvalue weighted by Crippen LogP contribution is 2.27. The molecule has 5 rings (SSSR count). The number of hydrogen-bond donors (Lipinski definition) is 1. The van der Waals surface area contributed by atoms with Crippen molar-refractivity contribution < 1.29 is 18.0 Å². The number of benzene rings is 4. The molecule has 7 nitrogen and oxygen atoms in total. The van der Waals surface area contributed by atoms with Gasteiger partial charge in [-0.25, -0.2) is 8.42 Å². The smallest absolute Gasteiger partial charge is 0.264 e. The molecule has 1 atom stereocenters. The Morgan fingerprint density at radius 3 is 2.13 bits per heavy atom. The van der Waals surface area contributed by atoms with Gasteiger partial charge in [-0.2, -0.15) is 0 Å². The van der Waals surface area contributed by atoms with Crippen LogP contribution in [-0.2, 0) is 32.6 Å². The molecule has 4 aromatic rings. The number of anilines is 1. The highest BCUT2D eigenvalue weighted by molar-refractivity contribution is 9.10. The van der Waals surface area contributed by atoms with Gasteiger partial charge in [-0.15, -0.1) is 0 Å². The molecule has 1 aliphatic rings. The minimum absolute atomic E-state index is 0.0486. The third kappa shape index (κ3) is 8.65. The molecule has 0 bridgehead atoms. The Kier molecular flexibility index (Phi) is 11.3. The molecule has 0 saturated heterocycles. The van der Waals surface area contributed by atoms with Gasteiger partial charge in [0.1, 0.15) is 12.6 Å². The minimum atomic E-state index is -4.14. The summed E-state index contributed by atoms with van der Waals surface area (Å²) in [6.45, 7) is 1.65. The van der Waals surface area contributed by atoms with E-state index in [4.69, 9.17) is 0 Å². The largest absolute Gasteiger partial charge is 0.352 e. The van der Waals surface area contributed by atoms with Crippen LogP contribution in [0.15, 0.2) is 119 Å². The molecule has 0 aliphatic heterocycles. The topological polar surface area (TPSA) is 86.8 Å². The molecule has 2 amide bonds. The van der Waals surface area contributed by atoms with E-state index >= 15 is 0 Å². The van der Waals surface area contributed by atoms with Crippen molar-refractivity contribution in [1.29, 1.82) is 0 Å². The first kappa shape index (κ1) is 33.4. The fraction of sp³-hybridized carbons (Fsp3) is 0.297. The van der Waals surface area contributed by atoms with Crippen molar-refractivity contribution in [2.45, 2.75) is 69.0 Å². The maximum absolute atomic E-state index is 14.6. The van der Waals surface area contributed by atoms with Gasteiger partial charge in [-0.05, 0) is 61.2 Å². The Hall–Kier alpha value is -3.95. The van der Waals surface area contributed by atoms with Gasteiger partial charge in [0, 0.05) is 23.5 Å². The molecule has 0 radical (unpaired) electrons. The van der Waals surface area contributed by atoms with E-state index in [1.165, 1.54) is 12.1 Å². The fourth-order valence-electron chi connectivity index (χ4n) is 5.87. The third-order valence-electron chi connectivity index (χ3n) is 8.40. The van der Waals surface area contributed by atoms with Crippen LogP contribution in [0.3, 0.4) is 0 Å². The van der Waals surface area contributed by atoms with Crippen LogP contribution in [0.2, 0.25) is 0 Å². The summed E-state index contributed by atoms with van der Waals surface area (Å²) in [6.07, 6.45) is 5.36. The SMILES string of the molecule is Cc1ccc(CN(C(=O)CN(c2cccc(Br)c2)S(=O)(=O)c2ccccc2)[C@@H](Cc2ccccc2)C(=O)NC2CCCCC2)cc1. The van der Waals surface area contributed by atoms with E-state index in [1.807, 2.05) is 61.5 Å². The van der Waals surface area contributed by atoms with Crippen LogP contribution in [0.4, 0.5) is 5.69 Å². The molecule has 1 saturated carbocycles. The number of rotatable bonds is 12. The predicted molar refractivity (Wildman–Crippen MR) is 186 cm³/mol. The van der Waals surface area contributed by atoms with Crippen LogP contribution in [0.5, 0.6) is 0 Å². The number of carbonyl (C=O) groups excluding carboxylic acids is 2. The molecule has 1 fully saturated rings. The maximum atomic E-state index is 14.6. The van der Waals surface area contributed by atoms with Crippen molar-refractivity contribution in [3.05, 3.63) is 130 Å². The molecule has 0 heterocycles. The van der Waals surface area contributed by atoms with E-state index in [9.17, 15) is 18.0 Å². The molecule has 240 valence electrons. The monoisotopic (exact) mass is 701 g/mol. The lowest BCUT2D eigenvalue weighted by atomic mass is 9.94. The molecule has 0 aromatic heterocycles. The Bertz CT molecular complexity index is 1710. The summed E-state index contributed by atoms with van der Waals surface area (Å²) in [5.41, 5.74) is 3.18. The molecule has 46 heavy (non-hydrogen) atoms.